The molecule has 3 N–H and O–H groups in total. The number of phosphoric acid groups is 2. The fourth-order valence-electron chi connectivity index (χ4n) is 8.91. The maximum atomic E-state index is 13.0. The number of rotatable bonds is 66. The largest absolute Gasteiger partial charge is 0.472 e. The summed E-state index contributed by atoms with van der Waals surface area (Å²) in [5, 5.41) is 10.6. The van der Waals surface area contributed by atoms with E-state index in [1.54, 1.807) is 0 Å². The van der Waals surface area contributed by atoms with Crippen LogP contribution in [0.15, 0.2) is 122 Å². The molecule has 0 saturated heterocycles. The van der Waals surface area contributed by atoms with Gasteiger partial charge in [0, 0.05) is 25.7 Å². The van der Waals surface area contributed by atoms with Crippen LogP contribution in [-0.4, -0.2) is 96.7 Å². The van der Waals surface area contributed by atoms with Gasteiger partial charge < -0.3 is 33.8 Å². The van der Waals surface area contributed by atoms with Crippen LogP contribution in [0.4, 0.5) is 0 Å². The van der Waals surface area contributed by atoms with Crippen LogP contribution >= 0.6 is 15.6 Å². The Bertz CT molecular complexity index is 2270. The Labute approximate surface area is 568 Å². The summed E-state index contributed by atoms with van der Waals surface area (Å²) >= 11 is 0. The van der Waals surface area contributed by atoms with E-state index in [-0.39, 0.29) is 25.7 Å². The molecule has 538 valence electrons. The van der Waals surface area contributed by atoms with Crippen molar-refractivity contribution in [3.8, 4) is 0 Å². The molecule has 0 aliphatic carbocycles. The normalized spacial score (nSPS) is 14.8. The van der Waals surface area contributed by atoms with Crippen molar-refractivity contribution in [2.24, 2.45) is 0 Å². The minimum atomic E-state index is -4.99. The number of hydrogen-bond donors (Lipinski definition) is 3. The highest BCUT2D eigenvalue weighted by molar-refractivity contribution is 7.47. The molecule has 17 nitrogen and oxygen atoms in total. The van der Waals surface area contributed by atoms with Crippen LogP contribution in [-0.2, 0) is 65.4 Å². The third-order valence-electron chi connectivity index (χ3n) is 14.3. The Morgan fingerprint density at radius 2 is 0.553 bits per heavy atom. The molecule has 19 heteroatoms. The summed E-state index contributed by atoms with van der Waals surface area (Å²) in [7, 11) is -9.97. The molecule has 0 saturated carbocycles. The van der Waals surface area contributed by atoms with E-state index in [1.807, 2.05) is 0 Å². The lowest BCUT2D eigenvalue weighted by atomic mass is 10.1. The third-order valence-corrected chi connectivity index (χ3v) is 16.2. The smallest absolute Gasteiger partial charge is 0.462 e. The van der Waals surface area contributed by atoms with Crippen molar-refractivity contribution in [1.82, 2.24) is 0 Å². The number of carbonyl (C=O) groups excluding carboxylic acids is 4. The Hall–Kier alpha value is -4.54. The monoisotopic (exact) mass is 1360 g/mol. The van der Waals surface area contributed by atoms with Gasteiger partial charge in [-0.1, -0.05) is 226 Å². The predicted molar refractivity (Wildman–Crippen MR) is 381 cm³/mol. The zero-order chi connectivity index (χ0) is 69.0. The minimum Gasteiger partial charge on any atom is -0.462 e. The highest BCUT2D eigenvalue weighted by Crippen LogP contribution is 2.45. The third kappa shape index (κ3) is 66.1. The molecule has 5 unspecified atom stereocenters. The first-order chi connectivity index (χ1) is 45.7. The summed E-state index contributed by atoms with van der Waals surface area (Å²) < 4.78 is 68.2. The highest BCUT2D eigenvalue weighted by Gasteiger charge is 2.30. The molecular formula is C75H126O17P2. The topological polar surface area (TPSA) is 237 Å². The number of aliphatic hydroxyl groups is 1. The second-order valence-electron chi connectivity index (χ2n) is 23.4. The van der Waals surface area contributed by atoms with Gasteiger partial charge in [0.15, 0.2) is 12.2 Å². The second-order valence-corrected chi connectivity index (χ2v) is 26.3. The van der Waals surface area contributed by atoms with Crippen LogP contribution in [0, 0.1) is 0 Å². The van der Waals surface area contributed by atoms with E-state index in [9.17, 15) is 43.2 Å². The number of ether oxygens (including phenoxy) is 4. The van der Waals surface area contributed by atoms with E-state index >= 15 is 0 Å². The van der Waals surface area contributed by atoms with E-state index in [0.29, 0.717) is 25.7 Å². The van der Waals surface area contributed by atoms with Gasteiger partial charge in [-0.25, -0.2) is 9.13 Å². The number of allylic oxidation sites excluding steroid dienone is 20. The zero-order valence-corrected chi connectivity index (χ0v) is 60.1. The average molecular weight is 1360 g/mol. The van der Waals surface area contributed by atoms with Crippen LogP contribution in [0.3, 0.4) is 0 Å². The molecule has 0 aliphatic heterocycles. The van der Waals surface area contributed by atoms with Gasteiger partial charge in [-0.15, -0.1) is 0 Å². The summed E-state index contributed by atoms with van der Waals surface area (Å²) in [6.07, 6.45) is 70.7. The quantitative estimate of drug-likeness (QED) is 0.0169. The predicted octanol–water partition coefficient (Wildman–Crippen LogP) is 20.0. The van der Waals surface area contributed by atoms with Crippen molar-refractivity contribution < 1.29 is 80.2 Å². The van der Waals surface area contributed by atoms with Crippen LogP contribution in [0.2, 0.25) is 0 Å². The standard InChI is InChI=1S/C75H126O17P2/c1-5-9-13-17-21-25-29-33-34-38-40-44-48-52-56-60-73(78)86-66-71(92-75(80)62-58-54-50-46-42-37-32-28-24-20-16-12-8-4)68-90-94(83,84)88-64-69(76)63-87-93(81,82)89-67-70(91-74(79)61-57-53-49-45-41-36-31-27-23-19-15-11-7-3)65-85-72(77)59-55-51-47-43-39-35-30-26-22-18-14-10-6-2/h9,13-16,18-21,25-28,30-34,40,44,69-71,76H,5-8,10-12,17,22-24,29,35-39,41-43,45-68H2,1-4H3,(H,81,82)(H,83,84)/b13-9-,18-14-,19-15-,20-16-,25-21-,30-26-,31-27-,32-28-,34-33-,44-40-. The summed E-state index contributed by atoms with van der Waals surface area (Å²) in [5.74, 6) is -2.28. The number of unbranched alkanes of at least 4 members (excludes halogenated alkanes) is 20. The lowest BCUT2D eigenvalue weighted by Gasteiger charge is -2.21. The fraction of sp³-hybridized carbons (Fsp3) is 0.680. The molecule has 0 amide bonds. The van der Waals surface area contributed by atoms with Crippen LogP contribution < -0.4 is 0 Å². The second kappa shape index (κ2) is 67.0. The molecule has 0 aromatic rings. The van der Waals surface area contributed by atoms with Crippen LogP contribution in [0.25, 0.3) is 0 Å². The summed E-state index contributed by atoms with van der Waals surface area (Å²) in [5.41, 5.74) is 0. The molecule has 0 aromatic carbocycles. The molecule has 0 radical (unpaired) electrons. The molecule has 0 aliphatic rings. The molecule has 0 heterocycles. The van der Waals surface area contributed by atoms with Crippen LogP contribution in [0.5, 0.6) is 0 Å². The Balaban J connectivity index is 5.40. The van der Waals surface area contributed by atoms with Gasteiger partial charge in [0.2, 0.25) is 0 Å². The van der Waals surface area contributed by atoms with E-state index in [2.05, 4.69) is 149 Å². The number of esters is 4. The lowest BCUT2D eigenvalue weighted by molar-refractivity contribution is -0.161. The summed E-state index contributed by atoms with van der Waals surface area (Å²) in [4.78, 5) is 72.6. The molecule has 0 spiro atoms. The summed E-state index contributed by atoms with van der Waals surface area (Å²) in [6, 6.07) is 0. The van der Waals surface area contributed by atoms with Gasteiger partial charge >= 0.3 is 39.5 Å². The lowest BCUT2D eigenvalue weighted by Crippen LogP contribution is -2.30. The summed E-state index contributed by atoms with van der Waals surface area (Å²) in [6.45, 7) is 4.44. The van der Waals surface area contributed by atoms with Crippen LogP contribution in [0.1, 0.15) is 272 Å². The van der Waals surface area contributed by atoms with Gasteiger partial charge in [0.1, 0.15) is 19.3 Å². The first kappa shape index (κ1) is 89.5. The van der Waals surface area contributed by atoms with E-state index < -0.39 is 97.5 Å². The number of hydrogen-bond acceptors (Lipinski definition) is 15. The molecule has 0 bridgehead atoms. The SMILES string of the molecule is CC/C=C\C/C=C\C/C=C\C/C=C\CCCCC(=O)OCC(COP(=O)(O)OCC(O)COP(=O)(O)OCC(COC(=O)CCCCCCC/C=C\C/C=C\CCC)OC(=O)CCCCCCC/C=C\C/C=C\CCC)OC(=O)CCCCCCC/C=C\C/C=C\CCC. The highest BCUT2D eigenvalue weighted by atomic mass is 31.2. The molecule has 5 atom stereocenters. The molecule has 0 aromatic heterocycles. The van der Waals surface area contributed by atoms with E-state index in [4.69, 9.17) is 37.0 Å². The van der Waals surface area contributed by atoms with Gasteiger partial charge in [-0.05, 0) is 141 Å². The van der Waals surface area contributed by atoms with Crippen molar-refractivity contribution in [1.29, 1.82) is 0 Å². The maximum Gasteiger partial charge on any atom is 0.472 e. The Morgan fingerprint density at radius 3 is 0.872 bits per heavy atom. The van der Waals surface area contributed by atoms with Gasteiger partial charge in [-0.3, -0.25) is 37.3 Å². The van der Waals surface area contributed by atoms with Crippen molar-refractivity contribution in [2.75, 3.05) is 39.6 Å². The first-order valence-corrected chi connectivity index (χ1v) is 38.8. The average Bonchev–Trinajstić information content (AvgIpc) is 1.67. The van der Waals surface area contributed by atoms with E-state index in [0.717, 1.165) is 193 Å². The van der Waals surface area contributed by atoms with Crippen molar-refractivity contribution in [3.63, 3.8) is 0 Å². The number of aliphatic hydroxyl groups excluding tert-OH is 1. The Kier molecular flexibility index (Phi) is 63.8. The molecule has 0 fully saturated rings. The minimum absolute atomic E-state index is 0.0665. The molecule has 94 heavy (non-hydrogen) atoms. The van der Waals surface area contributed by atoms with Crippen molar-refractivity contribution in [3.05, 3.63) is 122 Å². The maximum absolute atomic E-state index is 13.0. The Morgan fingerprint density at radius 1 is 0.309 bits per heavy atom. The van der Waals surface area contributed by atoms with Gasteiger partial charge in [0.05, 0.1) is 26.4 Å². The van der Waals surface area contributed by atoms with Crippen molar-refractivity contribution in [2.45, 2.75) is 290 Å². The zero-order valence-electron chi connectivity index (χ0n) is 58.3. The number of phosphoric ester groups is 2. The van der Waals surface area contributed by atoms with Crippen molar-refractivity contribution >= 4 is 39.5 Å². The van der Waals surface area contributed by atoms with E-state index in [1.165, 1.54) is 0 Å². The molecule has 0 rings (SSSR count). The molecular weight excluding hydrogens is 1230 g/mol. The number of carbonyl (C=O) groups is 4. The first-order valence-electron chi connectivity index (χ1n) is 35.8. The van der Waals surface area contributed by atoms with Gasteiger partial charge in [0.25, 0.3) is 0 Å². The fourth-order valence-corrected chi connectivity index (χ4v) is 10.5. The van der Waals surface area contributed by atoms with Gasteiger partial charge in [-0.2, -0.15) is 0 Å².